The van der Waals surface area contributed by atoms with E-state index in [1.165, 1.54) is 35.7 Å². The van der Waals surface area contributed by atoms with Gasteiger partial charge in [-0.1, -0.05) is 16.5 Å². The first-order valence-electron chi connectivity index (χ1n) is 7.22. The molecule has 0 aliphatic carbocycles. The fraction of sp³-hybridized carbons (Fsp3) is 0.133. The summed E-state index contributed by atoms with van der Waals surface area (Å²) < 4.78 is 4.85. The number of rotatable bonds is 6. The Kier molecular flexibility index (Phi) is 6.22. The molecule has 1 heterocycles. The molecule has 0 saturated carbocycles. The van der Waals surface area contributed by atoms with Gasteiger partial charge in [0.25, 0.3) is 0 Å². The molecule has 0 aliphatic rings. The summed E-state index contributed by atoms with van der Waals surface area (Å²) in [4.78, 5) is 37.9. The molecule has 0 aliphatic heterocycles. The molecule has 1 aromatic carbocycles. The SMILES string of the molecule is CCOC(=O)c1ccc(NC(=O)O/N=C(/N)c2csc([N+](=O)[O-])c2)cc1. The van der Waals surface area contributed by atoms with Crippen LogP contribution in [0.3, 0.4) is 0 Å². The predicted molar refractivity (Wildman–Crippen MR) is 94.2 cm³/mol. The van der Waals surface area contributed by atoms with Gasteiger partial charge in [0, 0.05) is 22.7 Å². The van der Waals surface area contributed by atoms with Crippen LogP contribution >= 0.6 is 11.3 Å². The van der Waals surface area contributed by atoms with E-state index in [9.17, 15) is 19.7 Å². The van der Waals surface area contributed by atoms with Crippen molar-refractivity contribution in [1.29, 1.82) is 0 Å². The molecule has 2 aromatic rings. The van der Waals surface area contributed by atoms with Crippen LogP contribution in [0.5, 0.6) is 0 Å². The monoisotopic (exact) mass is 378 g/mol. The van der Waals surface area contributed by atoms with E-state index in [1.54, 1.807) is 6.92 Å². The number of nitrogens with zero attached hydrogens (tertiary/aromatic N) is 2. The Morgan fingerprint density at radius 1 is 1.31 bits per heavy atom. The van der Waals surface area contributed by atoms with Gasteiger partial charge in [0.2, 0.25) is 0 Å². The number of hydrogen-bond donors (Lipinski definition) is 2. The van der Waals surface area contributed by atoms with Gasteiger partial charge in [-0.2, -0.15) is 0 Å². The van der Waals surface area contributed by atoms with Crippen molar-refractivity contribution >= 4 is 39.9 Å². The molecular formula is C15H14N4O6S. The fourth-order valence-corrected chi connectivity index (χ4v) is 2.46. The van der Waals surface area contributed by atoms with E-state index in [1.807, 2.05) is 0 Å². The Morgan fingerprint density at radius 3 is 2.58 bits per heavy atom. The van der Waals surface area contributed by atoms with Crippen LogP contribution in [0.2, 0.25) is 0 Å². The van der Waals surface area contributed by atoms with Crippen molar-refractivity contribution in [1.82, 2.24) is 0 Å². The molecule has 0 saturated heterocycles. The number of benzene rings is 1. The number of nitrogens with one attached hydrogen (secondary N) is 1. The zero-order valence-electron chi connectivity index (χ0n) is 13.5. The maximum absolute atomic E-state index is 11.7. The van der Waals surface area contributed by atoms with Gasteiger partial charge in [0.15, 0.2) is 5.84 Å². The lowest BCUT2D eigenvalue weighted by atomic mass is 10.2. The average molecular weight is 378 g/mol. The number of amides is 1. The van der Waals surface area contributed by atoms with Crippen molar-refractivity contribution in [2.24, 2.45) is 10.9 Å². The molecule has 2 rings (SSSR count). The van der Waals surface area contributed by atoms with Crippen molar-refractivity contribution in [2.45, 2.75) is 6.92 Å². The number of anilines is 1. The molecule has 26 heavy (non-hydrogen) atoms. The zero-order valence-corrected chi connectivity index (χ0v) is 14.3. The standard InChI is InChI=1S/C15H14N4O6S/c1-2-24-14(20)9-3-5-11(6-4-9)17-15(21)25-18-13(16)10-7-12(19(22)23)26-8-10/h3-8H,2H2,1H3,(H2,16,18)(H,17,21). The van der Waals surface area contributed by atoms with E-state index in [0.29, 0.717) is 11.3 Å². The number of oxime groups is 1. The lowest BCUT2D eigenvalue weighted by Gasteiger charge is -2.05. The van der Waals surface area contributed by atoms with E-state index >= 15 is 0 Å². The molecule has 1 aromatic heterocycles. The van der Waals surface area contributed by atoms with Gasteiger partial charge in [0.05, 0.1) is 17.1 Å². The van der Waals surface area contributed by atoms with E-state index in [0.717, 1.165) is 11.3 Å². The molecule has 10 nitrogen and oxygen atoms in total. The highest BCUT2D eigenvalue weighted by molar-refractivity contribution is 7.13. The topological polar surface area (TPSA) is 146 Å². The van der Waals surface area contributed by atoms with Crippen LogP contribution in [-0.4, -0.2) is 29.4 Å². The first-order chi connectivity index (χ1) is 12.4. The summed E-state index contributed by atoms with van der Waals surface area (Å²) >= 11 is 0.876. The van der Waals surface area contributed by atoms with Crippen LogP contribution in [0.4, 0.5) is 15.5 Å². The minimum Gasteiger partial charge on any atom is -0.462 e. The minimum atomic E-state index is -0.915. The smallest absolute Gasteiger partial charge is 0.437 e. The second kappa shape index (κ2) is 8.58. The third kappa shape index (κ3) is 5.01. The van der Waals surface area contributed by atoms with Crippen LogP contribution in [0.25, 0.3) is 0 Å². The Morgan fingerprint density at radius 2 is 2.00 bits per heavy atom. The Balaban J connectivity index is 1.93. The van der Waals surface area contributed by atoms with Crippen molar-refractivity contribution in [3.63, 3.8) is 0 Å². The van der Waals surface area contributed by atoms with Crippen LogP contribution in [-0.2, 0) is 9.57 Å². The Bertz CT molecular complexity index is 846. The summed E-state index contributed by atoms with van der Waals surface area (Å²) in [7, 11) is 0. The molecule has 3 N–H and O–H groups in total. The Hall–Kier alpha value is -3.47. The van der Waals surface area contributed by atoms with Gasteiger partial charge in [0.1, 0.15) is 0 Å². The van der Waals surface area contributed by atoms with Gasteiger partial charge < -0.3 is 10.5 Å². The molecular weight excluding hydrogens is 364 g/mol. The van der Waals surface area contributed by atoms with E-state index in [2.05, 4.69) is 15.3 Å². The molecule has 0 radical (unpaired) electrons. The summed E-state index contributed by atoms with van der Waals surface area (Å²) in [5.74, 6) is -0.647. The van der Waals surface area contributed by atoms with Crippen molar-refractivity contribution < 1.29 is 24.1 Å². The second-order valence-corrected chi connectivity index (χ2v) is 5.60. The van der Waals surface area contributed by atoms with Gasteiger partial charge in [-0.05, 0) is 31.2 Å². The van der Waals surface area contributed by atoms with Crippen LogP contribution in [0, 0.1) is 10.1 Å². The van der Waals surface area contributed by atoms with Crippen LogP contribution in [0.15, 0.2) is 40.9 Å². The molecule has 0 unspecified atom stereocenters. The first kappa shape index (κ1) is 18.9. The zero-order chi connectivity index (χ0) is 19.1. The summed E-state index contributed by atoms with van der Waals surface area (Å²) in [5.41, 5.74) is 6.58. The van der Waals surface area contributed by atoms with Gasteiger partial charge in [-0.25, -0.2) is 9.59 Å². The average Bonchev–Trinajstić information content (AvgIpc) is 3.11. The van der Waals surface area contributed by atoms with Crippen LogP contribution in [0.1, 0.15) is 22.8 Å². The molecule has 0 fully saturated rings. The number of ether oxygens (including phenoxy) is 1. The third-order valence-electron chi connectivity index (χ3n) is 2.93. The van der Waals surface area contributed by atoms with Crippen molar-refractivity contribution in [3.8, 4) is 0 Å². The minimum absolute atomic E-state index is 0.107. The van der Waals surface area contributed by atoms with E-state index < -0.39 is 17.0 Å². The molecule has 11 heteroatoms. The number of nitrogens with two attached hydrogens (primary N) is 1. The normalized spacial score (nSPS) is 10.9. The number of hydrogen-bond acceptors (Lipinski definition) is 8. The fourth-order valence-electron chi connectivity index (χ4n) is 1.74. The lowest BCUT2D eigenvalue weighted by molar-refractivity contribution is -0.380. The quantitative estimate of drug-likeness (QED) is 0.196. The summed E-state index contributed by atoms with van der Waals surface area (Å²) in [5, 5.41) is 17.7. The molecule has 0 atom stereocenters. The van der Waals surface area contributed by atoms with Crippen LogP contribution < -0.4 is 11.1 Å². The van der Waals surface area contributed by atoms with Gasteiger partial charge in [-0.3, -0.25) is 20.3 Å². The number of nitro groups is 1. The highest BCUT2D eigenvalue weighted by Gasteiger charge is 2.13. The number of amidine groups is 1. The molecule has 1 amide bonds. The van der Waals surface area contributed by atoms with Gasteiger partial charge in [-0.15, -0.1) is 0 Å². The molecule has 0 bridgehead atoms. The van der Waals surface area contributed by atoms with E-state index in [4.69, 9.17) is 10.5 Å². The summed E-state index contributed by atoms with van der Waals surface area (Å²) in [6.45, 7) is 1.96. The predicted octanol–water partition coefficient (Wildman–Crippen LogP) is 2.70. The number of carbonyl (C=O) groups excluding carboxylic acids is 2. The van der Waals surface area contributed by atoms with Crippen molar-refractivity contribution in [2.75, 3.05) is 11.9 Å². The maximum Gasteiger partial charge on any atom is 0.437 e. The third-order valence-corrected chi connectivity index (χ3v) is 3.81. The highest BCUT2D eigenvalue weighted by Crippen LogP contribution is 2.22. The Labute approximate surface area is 151 Å². The second-order valence-electron chi connectivity index (χ2n) is 4.71. The molecule has 136 valence electrons. The summed E-state index contributed by atoms with van der Waals surface area (Å²) in [6, 6.07) is 7.16. The number of thiophene rings is 1. The number of carbonyl (C=O) groups is 2. The maximum atomic E-state index is 11.7. The van der Waals surface area contributed by atoms with E-state index in [-0.39, 0.29) is 23.0 Å². The van der Waals surface area contributed by atoms with Crippen molar-refractivity contribution in [3.05, 3.63) is 57.0 Å². The highest BCUT2D eigenvalue weighted by atomic mass is 32.1. The van der Waals surface area contributed by atoms with Gasteiger partial charge >= 0.3 is 17.1 Å². The lowest BCUT2D eigenvalue weighted by Crippen LogP contribution is -2.17. The largest absolute Gasteiger partial charge is 0.462 e. The molecule has 0 spiro atoms. The first-order valence-corrected chi connectivity index (χ1v) is 8.10. The summed E-state index contributed by atoms with van der Waals surface area (Å²) in [6.07, 6.45) is -0.915. The number of esters is 1.